The van der Waals surface area contributed by atoms with Crippen molar-refractivity contribution in [2.24, 2.45) is 0 Å². The lowest BCUT2D eigenvalue weighted by Gasteiger charge is -2.16. The summed E-state index contributed by atoms with van der Waals surface area (Å²) in [6, 6.07) is 4.05. The van der Waals surface area contributed by atoms with E-state index in [1.54, 1.807) is 0 Å². The maximum absolute atomic E-state index is 10.8. The molecule has 116 valence electrons. The van der Waals surface area contributed by atoms with Gasteiger partial charge in [0.25, 0.3) is 0 Å². The molecule has 0 aliphatic heterocycles. The molecular weight excluding hydrogens is 264 g/mol. The van der Waals surface area contributed by atoms with Crippen molar-refractivity contribution < 1.29 is 14.6 Å². The van der Waals surface area contributed by atoms with Gasteiger partial charge in [0.2, 0.25) is 0 Å². The topological polar surface area (TPSA) is 46.5 Å². The van der Waals surface area contributed by atoms with Crippen LogP contribution in [0.3, 0.4) is 0 Å². The molecule has 0 bridgehead atoms. The molecule has 21 heavy (non-hydrogen) atoms. The molecule has 0 atom stereocenters. The summed E-state index contributed by atoms with van der Waals surface area (Å²) in [7, 11) is 0. The van der Waals surface area contributed by atoms with Gasteiger partial charge >= 0.3 is 5.97 Å². The lowest BCUT2D eigenvalue weighted by Crippen LogP contribution is -2.01. The molecule has 1 rings (SSSR count). The monoisotopic (exact) mass is 290 g/mol. The van der Waals surface area contributed by atoms with Gasteiger partial charge in [0.1, 0.15) is 5.75 Å². The van der Waals surface area contributed by atoms with E-state index in [4.69, 9.17) is 9.84 Å². The Morgan fingerprint density at radius 3 is 2.48 bits per heavy atom. The number of hydrogen-bond donors (Lipinski definition) is 1. The predicted molar refractivity (Wildman–Crippen MR) is 86.8 cm³/mol. The van der Waals surface area contributed by atoms with Crippen molar-refractivity contribution in [3.63, 3.8) is 0 Å². The van der Waals surface area contributed by atoms with E-state index < -0.39 is 5.97 Å². The number of carboxylic acid groups (broad SMARTS) is 1. The van der Waals surface area contributed by atoms with Crippen molar-refractivity contribution in [3.8, 4) is 5.75 Å². The molecule has 0 saturated heterocycles. The summed E-state index contributed by atoms with van der Waals surface area (Å²) in [5.74, 6) is 0.132. The number of hydrogen-bond acceptors (Lipinski definition) is 2. The standard InChI is InChI=1S/C18H26O3/c1-5-7-15(8-11-18(19)20)16-9-10-17(21-12-6-2)14(4)13(16)3/h8-10H,5-7,11-12H2,1-4H3,(H,19,20)/b15-8+. The van der Waals surface area contributed by atoms with Crippen LogP contribution in [0.5, 0.6) is 5.75 Å². The van der Waals surface area contributed by atoms with Crippen molar-refractivity contribution in [2.75, 3.05) is 6.61 Å². The van der Waals surface area contributed by atoms with Crippen LogP contribution in [0.4, 0.5) is 0 Å². The van der Waals surface area contributed by atoms with E-state index in [1.165, 1.54) is 5.56 Å². The molecule has 0 amide bonds. The number of ether oxygens (including phenoxy) is 1. The number of benzene rings is 1. The van der Waals surface area contributed by atoms with E-state index in [-0.39, 0.29) is 6.42 Å². The summed E-state index contributed by atoms with van der Waals surface area (Å²) in [6.45, 7) is 9.05. The summed E-state index contributed by atoms with van der Waals surface area (Å²) in [4.78, 5) is 10.8. The molecule has 0 aromatic heterocycles. The minimum Gasteiger partial charge on any atom is -0.493 e. The van der Waals surface area contributed by atoms with Crippen LogP contribution in [-0.4, -0.2) is 17.7 Å². The van der Waals surface area contributed by atoms with Crippen molar-refractivity contribution in [3.05, 3.63) is 34.9 Å². The molecule has 0 radical (unpaired) electrons. The zero-order valence-electron chi connectivity index (χ0n) is 13.5. The van der Waals surface area contributed by atoms with Gasteiger partial charge in [0.05, 0.1) is 13.0 Å². The Hall–Kier alpha value is -1.77. The SMILES string of the molecule is CCCOc1ccc(/C(=C/CC(=O)O)CCC)c(C)c1C. The van der Waals surface area contributed by atoms with Crippen LogP contribution in [0.15, 0.2) is 18.2 Å². The van der Waals surface area contributed by atoms with Gasteiger partial charge in [0, 0.05) is 0 Å². The summed E-state index contributed by atoms with van der Waals surface area (Å²) in [6.07, 6.45) is 4.78. The van der Waals surface area contributed by atoms with E-state index in [0.717, 1.165) is 48.3 Å². The van der Waals surface area contributed by atoms with Crippen LogP contribution in [0, 0.1) is 13.8 Å². The zero-order valence-corrected chi connectivity index (χ0v) is 13.5. The van der Waals surface area contributed by atoms with Gasteiger partial charge in [-0.25, -0.2) is 0 Å². The van der Waals surface area contributed by atoms with Gasteiger partial charge in [0.15, 0.2) is 0 Å². The van der Waals surface area contributed by atoms with Crippen LogP contribution in [0.25, 0.3) is 5.57 Å². The molecule has 0 heterocycles. The Kier molecular flexibility index (Phi) is 7.00. The van der Waals surface area contributed by atoms with E-state index in [9.17, 15) is 4.79 Å². The van der Waals surface area contributed by atoms with Crippen molar-refractivity contribution >= 4 is 11.5 Å². The molecule has 1 aromatic carbocycles. The average molecular weight is 290 g/mol. The van der Waals surface area contributed by atoms with Crippen molar-refractivity contribution in [2.45, 2.75) is 53.4 Å². The maximum atomic E-state index is 10.8. The highest BCUT2D eigenvalue weighted by Gasteiger charge is 2.11. The zero-order chi connectivity index (χ0) is 15.8. The summed E-state index contributed by atoms with van der Waals surface area (Å²) in [5, 5.41) is 8.88. The molecule has 0 unspecified atom stereocenters. The third-order valence-corrected chi connectivity index (χ3v) is 3.59. The molecule has 1 N–H and O–H groups in total. The first-order valence-corrected chi connectivity index (χ1v) is 7.65. The van der Waals surface area contributed by atoms with Crippen LogP contribution in [-0.2, 0) is 4.79 Å². The van der Waals surface area contributed by atoms with Crippen LogP contribution < -0.4 is 4.74 Å². The van der Waals surface area contributed by atoms with Gasteiger partial charge in [-0.1, -0.05) is 32.4 Å². The molecule has 0 aliphatic carbocycles. The first kappa shape index (κ1) is 17.3. The Labute approximate surface area is 127 Å². The smallest absolute Gasteiger partial charge is 0.307 e. The van der Waals surface area contributed by atoms with Gasteiger partial charge in [-0.05, 0) is 55.0 Å². The number of rotatable bonds is 8. The fourth-order valence-corrected chi connectivity index (χ4v) is 2.34. The Morgan fingerprint density at radius 2 is 1.90 bits per heavy atom. The highest BCUT2D eigenvalue weighted by Crippen LogP contribution is 2.31. The summed E-state index contributed by atoms with van der Waals surface area (Å²) >= 11 is 0. The third-order valence-electron chi connectivity index (χ3n) is 3.59. The molecule has 0 saturated carbocycles. The van der Waals surface area contributed by atoms with Gasteiger partial charge in [-0.2, -0.15) is 0 Å². The van der Waals surface area contributed by atoms with Gasteiger partial charge in [-0.3, -0.25) is 4.79 Å². The van der Waals surface area contributed by atoms with Gasteiger partial charge in [-0.15, -0.1) is 0 Å². The molecule has 3 heteroatoms. The molecule has 0 fully saturated rings. The highest BCUT2D eigenvalue weighted by molar-refractivity contribution is 5.76. The first-order chi connectivity index (χ1) is 10.0. The minimum absolute atomic E-state index is 0.0713. The Bertz CT molecular complexity index is 515. The van der Waals surface area contributed by atoms with Crippen molar-refractivity contribution in [1.29, 1.82) is 0 Å². The summed E-state index contributed by atoms with van der Waals surface area (Å²) in [5.41, 5.74) is 4.56. The minimum atomic E-state index is -0.791. The van der Waals surface area contributed by atoms with E-state index in [2.05, 4.69) is 33.8 Å². The number of carboxylic acids is 1. The number of allylic oxidation sites excluding steroid dienone is 1. The Morgan fingerprint density at radius 1 is 1.19 bits per heavy atom. The normalized spacial score (nSPS) is 11.5. The number of aliphatic carboxylic acids is 1. The second-order valence-electron chi connectivity index (χ2n) is 5.29. The third kappa shape index (κ3) is 4.92. The maximum Gasteiger partial charge on any atom is 0.307 e. The van der Waals surface area contributed by atoms with Gasteiger partial charge < -0.3 is 9.84 Å². The lowest BCUT2D eigenvalue weighted by atomic mass is 9.93. The lowest BCUT2D eigenvalue weighted by molar-refractivity contribution is -0.135. The fourth-order valence-electron chi connectivity index (χ4n) is 2.34. The van der Waals surface area contributed by atoms with E-state index in [0.29, 0.717) is 0 Å². The fraction of sp³-hybridized carbons (Fsp3) is 0.500. The predicted octanol–water partition coefficient (Wildman–Crippen LogP) is 4.75. The van der Waals surface area contributed by atoms with Crippen LogP contribution in [0.1, 0.15) is 56.2 Å². The van der Waals surface area contributed by atoms with E-state index in [1.807, 2.05) is 12.1 Å². The molecule has 1 aromatic rings. The van der Waals surface area contributed by atoms with Crippen LogP contribution in [0.2, 0.25) is 0 Å². The Balaban J connectivity index is 3.12. The molecule has 0 aliphatic rings. The molecular formula is C18H26O3. The largest absolute Gasteiger partial charge is 0.493 e. The second kappa shape index (κ2) is 8.50. The van der Waals surface area contributed by atoms with Crippen LogP contribution >= 0.6 is 0 Å². The molecule has 0 spiro atoms. The number of carbonyl (C=O) groups is 1. The van der Waals surface area contributed by atoms with Crippen molar-refractivity contribution in [1.82, 2.24) is 0 Å². The second-order valence-corrected chi connectivity index (χ2v) is 5.29. The quantitative estimate of drug-likeness (QED) is 0.751. The molecule has 3 nitrogen and oxygen atoms in total. The average Bonchev–Trinajstić information content (AvgIpc) is 2.45. The highest BCUT2D eigenvalue weighted by atomic mass is 16.5. The summed E-state index contributed by atoms with van der Waals surface area (Å²) < 4.78 is 5.75. The van der Waals surface area contributed by atoms with E-state index >= 15 is 0 Å². The first-order valence-electron chi connectivity index (χ1n) is 7.65.